The summed E-state index contributed by atoms with van der Waals surface area (Å²) in [6.45, 7) is 3.78. The van der Waals surface area contributed by atoms with Gasteiger partial charge in [-0.3, -0.25) is 9.52 Å². The summed E-state index contributed by atoms with van der Waals surface area (Å²) in [5.41, 5.74) is 9.76. The van der Waals surface area contributed by atoms with E-state index in [1.807, 2.05) is 19.9 Å². The molecule has 0 radical (unpaired) electrons. The van der Waals surface area contributed by atoms with Crippen molar-refractivity contribution in [3.63, 3.8) is 0 Å². The van der Waals surface area contributed by atoms with Gasteiger partial charge in [0.2, 0.25) is 11.6 Å². The zero-order valence-electron chi connectivity index (χ0n) is 15.7. The Hall–Kier alpha value is -2.08. The van der Waals surface area contributed by atoms with Gasteiger partial charge in [-0.25, -0.2) is 9.97 Å². The Morgan fingerprint density at radius 3 is 2.04 bits per heavy atom. The third-order valence-corrected chi connectivity index (χ3v) is 5.46. The number of benzene rings is 1. The lowest BCUT2D eigenvalue weighted by Gasteiger charge is -2.14. The van der Waals surface area contributed by atoms with Crippen LogP contribution in [0, 0.1) is 13.8 Å². The van der Waals surface area contributed by atoms with Crippen LogP contribution in [-0.2, 0) is 30.5 Å². The van der Waals surface area contributed by atoms with Gasteiger partial charge in [0.05, 0.1) is 0 Å². The second kappa shape index (κ2) is 8.54. The maximum Gasteiger partial charge on any atom is 0.217 e. The van der Waals surface area contributed by atoms with E-state index in [-0.39, 0.29) is 0 Å². The molecule has 138 valence electrons. The average molecular weight is 371 g/mol. The number of amides is 1. The van der Waals surface area contributed by atoms with Gasteiger partial charge in [-0.05, 0) is 80.7 Å². The normalized spacial score (nSPS) is 14.1. The van der Waals surface area contributed by atoms with Gasteiger partial charge >= 0.3 is 0 Å². The molecule has 1 aromatic carbocycles. The zero-order chi connectivity index (χ0) is 18.5. The fourth-order valence-corrected chi connectivity index (χ4v) is 4.47. The lowest BCUT2D eigenvalue weighted by Crippen LogP contribution is -2.01. The van der Waals surface area contributed by atoms with E-state index in [0.29, 0.717) is 11.6 Å². The van der Waals surface area contributed by atoms with Gasteiger partial charge in [-0.15, -0.1) is 0 Å². The second-order valence-electron chi connectivity index (χ2n) is 6.76. The van der Waals surface area contributed by atoms with E-state index in [0.717, 1.165) is 23.3 Å². The number of fused-ring (bicyclic) bond motifs is 2. The Labute approximate surface area is 159 Å². The number of nitrogens with one attached hydrogen (secondary N) is 2. The molecule has 0 spiro atoms. The smallest absolute Gasteiger partial charge is 0.217 e. The van der Waals surface area contributed by atoms with Crippen molar-refractivity contribution in [3.05, 3.63) is 45.8 Å². The third-order valence-electron chi connectivity index (χ3n) is 4.88. The van der Waals surface area contributed by atoms with Crippen molar-refractivity contribution in [1.82, 2.24) is 14.7 Å². The van der Waals surface area contributed by atoms with Crippen LogP contribution in [0.3, 0.4) is 0 Å². The first-order valence-electron chi connectivity index (χ1n) is 9.15. The number of hydrogen-bond donors (Lipinski definition) is 2. The van der Waals surface area contributed by atoms with Crippen LogP contribution in [-0.4, -0.2) is 23.4 Å². The molecular formula is C20H26N4OS. The summed E-state index contributed by atoms with van der Waals surface area (Å²) >= 11 is 1.11. The summed E-state index contributed by atoms with van der Waals surface area (Å²) in [7, 11) is 2.08. The topological polar surface area (TPSA) is 66.9 Å². The van der Waals surface area contributed by atoms with E-state index in [4.69, 9.17) is 0 Å². The zero-order valence-corrected chi connectivity index (χ0v) is 16.5. The van der Waals surface area contributed by atoms with Crippen molar-refractivity contribution in [2.75, 3.05) is 12.4 Å². The van der Waals surface area contributed by atoms with Crippen molar-refractivity contribution < 1.29 is 4.79 Å². The van der Waals surface area contributed by atoms with E-state index >= 15 is 0 Å². The fraction of sp³-hybridized carbons (Fsp3) is 0.450. The summed E-state index contributed by atoms with van der Waals surface area (Å²) in [5, 5.41) is 4.00. The molecule has 0 bridgehead atoms. The van der Waals surface area contributed by atoms with Crippen LogP contribution in [0.4, 0.5) is 5.69 Å². The highest BCUT2D eigenvalue weighted by Gasteiger charge is 2.22. The van der Waals surface area contributed by atoms with Crippen molar-refractivity contribution >= 4 is 24.0 Å². The Morgan fingerprint density at radius 2 is 1.54 bits per heavy atom. The number of aryl methyl sites for hydroxylation is 4. The van der Waals surface area contributed by atoms with Crippen LogP contribution in [0.1, 0.15) is 46.5 Å². The molecule has 1 heterocycles. The first-order chi connectivity index (χ1) is 12.6. The van der Waals surface area contributed by atoms with Gasteiger partial charge in [-0.1, -0.05) is 6.07 Å². The summed E-state index contributed by atoms with van der Waals surface area (Å²) in [6, 6.07) is 4.36. The molecule has 2 aliphatic carbocycles. The van der Waals surface area contributed by atoms with E-state index in [2.05, 4.69) is 33.1 Å². The molecule has 2 N–H and O–H groups in total. The number of aromatic nitrogens is 2. The highest BCUT2D eigenvalue weighted by Crippen LogP contribution is 2.38. The Kier molecular flexibility index (Phi) is 6.14. The maximum absolute atomic E-state index is 9.96. The number of hydrogen-bond acceptors (Lipinski definition) is 5. The first kappa shape index (κ1) is 18.7. The van der Waals surface area contributed by atoms with Crippen molar-refractivity contribution in [3.8, 4) is 0 Å². The van der Waals surface area contributed by atoms with Crippen molar-refractivity contribution in [2.45, 2.75) is 57.5 Å². The highest BCUT2D eigenvalue weighted by atomic mass is 32.2. The molecule has 0 saturated heterocycles. The Morgan fingerprint density at radius 1 is 0.962 bits per heavy atom. The van der Waals surface area contributed by atoms with Gasteiger partial charge in [-0.2, -0.15) is 0 Å². The van der Waals surface area contributed by atoms with Crippen LogP contribution in [0.25, 0.3) is 0 Å². The van der Waals surface area contributed by atoms with Crippen LogP contribution in [0.5, 0.6) is 0 Å². The van der Waals surface area contributed by atoms with Gasteiger partial charge in [0, 0.05) is 36.1 Å². The number of carbonyl (C=O) groups excluding carboxylic acids is 1. The molecule has 0 aliphatic heterocycles. The summed E-state index contributed by atoms with van der Waals surface area (Å²) in [6.07, 6.45) is 8.50. The largest absolute Gasteiger partial charge is 0.388 e. The quantitative estimate of drug-likeness (QED) is 0.489. The monoisotopic (exact) mass is 370 g/mol. The minimum Gasteiger partial charge on any atom is -0.388 e. The molecule has 4 rings (SSSR count). The third kappa shape index (κ3) is 4.18. The van der Waals surface area contributed by atoms with Gasteiger partial charge < -0.3 is 5.32 Å². The molecule has 2 aromatic rings. The number of anilines is 1. The Bertz CT molecular complexity index is 754. The predicted octanol–water partition coefficient (Wildman–Crippen LogP) is 3.55. The van der Waals surface area contributed by atoms with Gasteiger partial charge in [0.1, 0.15) is 0 Å². The number of carbonyl (C=O) groups is 1. The molecule has 0 unspecified atom stereocenters. The Balaban J connectivity index is 0.000000153. The molecule has 2 aliphatic rings. The van der Waals surface area contributed by atoms with Crippen LogP contribution in [0.15, 0.2) is 17.3 Å². The van der Waals surface area contributed by atoms with Crippen LogP contribution in [0.2, 0.25) is 0 Å². The highest BCUT2D eigenvalue weighted by molar-refractivity contribution is 7.97. The lowest BCUT2D eigenvalue weighted by molar-refractivity contribution is -0.107. The first-order valence-corrected chi connectivity index (χ1v) is 9.96. The lowest BCUT2D eigenvalue weighted by atomic mass is 9.99. The minimum absolute atomic E-state index is 0.569. The van der Waals surface area contributed by atoms with Crippen molar-refractivity contribution in [1.29, 1.82) is 0 Å². The minimum atomic E-state index is 0.569. The molecular weight excluding hydrogens is 344 g/mol. The molecule has 1 amide bonds. The molecule has 0 atom stereocenters. The van der Waals surface area contributed by atoms with Crippen LogP contribution < -0.4 is 10.0 Å². The summed E-state index contributed by atoms with van der Waals surface area (Å²) in [5.74, 6) is 0. The predicted molar refractivity (Wildman–Crippen MR) is 107 cm³/mol. The van der Waals surface area contributed by atoms with Gasteiger partial charge in [0.25, 0.3) is 0 Å². The maximum atomic E-state index is 9.96. The number of nitrogens with zero attached hydrogens (tertiary/aromatic N) is 2. The molecule has 0 fully saturated rings. The van der Waals surface area contributed by atoms with E-state index in [1.165, 1.54) is 44.2 Å². The SMILES string of the molecule is CNc1c2c(cc3c1CCC3)CCC2.Cc1cc(C)nc(SNC=O)n1. The molecule has 0 saturated carbocycles. The van der Waals surface area contributed by atoms with E-state index < -0.39 is 0 Å². The molecule has 6 heteroatoms. The van der Waals surface area contributed by atoms with Crippen molar-refractivity contribution in [2.24, 2.45) is 0 Å². The molecule has 26 heavy (non-hydrogen) atoms. The van der Waals surface area contributed by atoms with Gasteiger partial charge in [0.15, 0.2) is 0 Å². The van der Waals surface area contributed by atoms with E-state index in [9.17, 15) is 4.79 Å². The van der Waals surface area contributed by atoms with E-state index in [1.54, 1.807) is 22.3 Å². The summed E-state index contributed by atoms with van der Waals surface area (Å²) < 4.78 is 2.43. The summed E-state index contributed by atoms with van der Waals surface area (Å²) in [4.78, 5) is 18.2. The molecule has 5 nitrogen and oxygen atoms in total. The average Bonchev–Trinajstić information content (AvgIpc) is 3.26. The second-order valence-corrected chi connectivity index (χ2v) is 7.56. The van der Waals surface area contributed by atoms with Crippen LogP contribution >= 0.6 is 11.9 Å². The fourth-order valence-electron chi connectivity index (χ4n) is 3.93. The number of rotatable bonds is 4. The molecule has 1 aromatic heterocycles. The standard InChI is InChI=1S/C13H17N.C7H9N3OS/c1-14-13-11-6-2-4-9(11)8-10-5-3-7-12(10)13;1-5-3-6(2)10-7(9-5)12-8-4-11/h8,14H,2-7H2,1H3;3-4H,1-2H3,(H,8,11).